The molecule has 2 unspecified atom stereocenters. The summed E-state index contributed by atoms with van der Waals surface area (Å²) in [7, 11) is 3.27. The summed E-state index contributed by atoms with van der Waals surface area (Å²) in [5.74, 6) is 1.44. The van der Waals surface area contributed by atoms with E-state index in [1.165, 1.54) is 0 Å². The van der Waals surface area contributed by atoms with Crippen LogP contribution in [0.2, 0.25) is 0 Å². The van der Waals surface area contributed by atoms with Crippen LogP contribution in [0, 0.1) is 13.8 Å². The molecule has 0 aliphatic heterocycles. The van der Waals surface area contributed by atoms with E-state index in [2.05, 4.69) is 12.2 Å². The van der Waals surface area contributed by atoms with Crippen molar-refractivity contribution in [2.45, 2.75) is 32.9 Å². The summed E-state index contributed by atoms with van der Waals surface area (Å²) in [6.07, 6.45) is -0.533. The second-order valence-electron chi connectivity index (χ2n) is 6.07. The van der Waals surface area contributed by atoms with E-state index in [0.717, 1.165) is 28.0 Å². The van der Waals surface area contributed by atoms with Crippen molar-refractivity contribution in [2.75, 3.05) is 20.8 Å². The van der Waals surface area contributed by atoms with Crippen LogP contribution in [0.1, 0.15) is 41.3 Å². The fourth-order valence-corrected chi connectivity index (χ4v) is 2.93. The lowest BCUT2D eigenvalue weighted by Crippen LogP contribution is -2.25. The highest BCUT2D eigenvalue weighted by atomic mass is 16.5. The number of benzene rings is 2. The fraction of sp³-hybridized carbons (Fsp3) is 0.400. The Labute approximate surface area is 144 Å². The van der Waals surface area contributed by atoms with Crippen molar-refractivity contribution < 1.29 is 14.6 Å². The normalized spacial score (nSPS) is 13.4. The van der Waals surface area contributed by atoms with Gasteiger partial charge >= 0.3 is 0 Å². The minimum atomic E-state index is -0.533. The Kier molecular flexibility index (Phi) is 6.23. The minimum Gasteiger partial charge on any atom is -0.493 e. The first-order valence-electron chi connectivity index (χ1n) is 8.17. The highest BCUT2D eigenvalue weighted by Gasteiger charge is 2.16. The van der Waals surface area contributed by atoms with Crippen LogP contribution >= 0.6 is 0 Å². The molecule has 2 atom stereocenters. The number of hydrogen-bond donors (Lipinski definition) is 2. The number of hydrogen-bond acceptors (Lipinski definition) is 4. The molecule has 0 amide bonds. The molecule has 0 aromatic heterocycles. The van der Waals surface area contributed by atoms with Gasteiger partial charge in [0.15, 0.2) is 11.5 Å². The van der Waals surface area contributed by atoms with Crippen molar-refractivity contribution in [1.82, 2.24) is 5.32 Å². The Morgan fingerprint density at radius 1 is 0.958 bits per heavy atom. The molecule has 0 radical (unpaired) electrons. The van der Waals surface area contributed by atoms with Gasteiger partial charge in [-0.25, -0.2) is 0 Å². The molecule has 0 heterocycles. The Morgan fingerprint density at radius 2 is 1.58 bits per heavy atom. The van der Waals surface area contributed by atoms with Gasteiger partial charge in [0.25, 0.3) is 0 Å². The fourth-order valence-electron chi connectivity index (χ4n) is 2.93. The van der Waals surface area contributed by atoms with Gasteiger partial charge in [0.2, 0.25) is 0 Å². The zero-order chi connectivity index (χ0) is 17.7. The van der Waals surface area contributed by atoms with Gasteiger partial charge in [-0.3, -0.25) is 0 Å². The van der Waals surface area contributed by atoms with Crippen molar-refractivity contribution in [1.29, 1.82) is 0 Å². The monoisotopic (exact) mass is 329 g/mol. The third-order valence-corrected chi connectivity index (χ3v) is 4.40. The van der Waals surface area contributed by atoms with Crippen LogP contribution in [0.4, 0.5) is 0 Å². The third-order valence-electron chi connectivity index (χ3n) is 4.40. The Balaban J connectivity index is 2.10. The number of aliphatic hydroxyl groups excluding tert-OH is 1. The van der Waals surface area contributed by atoms with Gasteiger partial charge in [0, 0.05) is 12.6 Å². The van der Waals surface area contributed by atoms with Crippen LogP contribution in [0.3, 0.4) is 0 Å². The Morgan fingerprint density at radius 3 is 2.21 bits per heavy atom. The lowest BCUT2D eigenvalue weighted by atomic mass is 10.00. The maximum absolute atomic E-state index is 10.4. The van der Waals surface area contributed by atoms with E-state index in [-0.39, 0.29) is 6.04 Å². The molecule has 0 saturated carbocycles. The summed E-state index contributed by atoms with van der Waals surface area (Å²) < 4.78 is 10.7. The molecule has 0 saturated heterocycles. The summed E-state index contributed by atoms with van der Waals surface area (Å²) in [6.45, 7) is 6.63. The SMILES string of the molecule is COc1cc(C)c(C(C)NCC(O)c2ccccc2C)cc1OC. The molecule has 24 heavy (non-hydrogen) atoms. The van der Waals surface area contributed by atoms with Crippen LogP contribution in [0.5, 0.6) is 11.5 Å². The number of aryl methyl sites for hydroxylation is 2. The lowest BCUT2D eigenvalue weighted by Gasteiger charge is -2.21. The second-order valence-corrected chi connectivity index (χ2v) is 6.07. The molecule has 2 N–H and O–H groups in total. The lowest BCUT2D eigenvalue weighted by molar-refractivity contribution is 0.170. The molecule has 4 nitrogen and oxygen atoms in total. The molecule has 2 aromatic rings. The van der Waals surface area contributed by atoms with Crippen molar-refractivity contribution in [2.24, 2.45) is 0 Å². The first kappa shape index (κ1) is 18.3. The molecular weight excluding hydrogens is 302 g/mol. The van der Waals surface area contributed by atoms with Gasteiger partial charge in [-0.2, -0.15) is 0 Å². The molecule has 4 heteroatoms. The zero-order valence-electron chi connectivity index (χ0n) is 15.1. The van der Waals surface area contributed by atoms with Crippen molar-refractivity contribution in [3.8, 4) is 11.5 Å². The first-order valence-corrected chi connectivity index (χ1v) is 8.17. The number of methoxy groups -OCH3 is 2. The molecule has 2 rings (SSSR count). The van der Waals surface area contributed by atoms with E-state index >= 15 is 0 Å². The van der Waals surface area contributed by atoms with E-state index in [0.29, 0.717) is 12.3 Å². The standard InChI is InChI=1S/C20H27NO3/c1-13-8-6-7-9-16(13)18(22)12-21-15(3)17-11-20(24-5)19(23-4)10-14(17)2/h6-11,15,18,21-22H,12H2,1-5H3. The Hall–Kier alpha value is -2.04. The van der Waals surface area contributed by atoms with E-state index in [1.54, 1.807) is 14.2 Å². The summed E-state index contributed by atoms with van der Waals surface area (Å²) in [5, 5.41) is 13.8. The maximum atomic E-state index is 10.4. The molecular formula is C20H27NO3. The molecule has 0 aliphatic carbocycles. The first-order chi connectivity index (χ1) is 11.5. The van der Waals surface area contributed by atoms with Crippen LogP contribution < -0.4 is 14.8 Å². The predicted octanol–water partition coefficient (Wildman–Crippen LogP) is 3.70. The average Bonchev–Trinajstić information content (AvgIpc) is 2.59. The third kappa shape index (κ3) is 4.08. The van der Waals surface area contributed by atoms with E-state index in [1.807, 2.05) is 50.2 Å². The maximum Gasteiger partial charge on any atom is 0.161 e. The summed E-state index contributed by atoms with van der Waals surface area (Å²) >= 11 is 0. The van der Waals surface area contributed by atoms with E-state index in [4.69, 9.17) is 9.47 Å². The van der Waals surface area contributed by atoms with Gasteiger partial charge in [-0.05, 0) is 55.2 Å². The van der Waals surface area contributed by atoms with Gasteiger partial charge in [0.1, 0.15) is 0 Å². The smallest absolute Gasteiger partial charge is 0.161 e. The molecule has 130 valence electrons. The topological polar surface area (TPSA) is 50.7 Å². The van der Waals surface area contributed by atoms with Crippen LogP contribution in [0.25, 0.3) is 0 Å². The second kappa shape index (κ2) is 8.18. The minimum absolute atomic E-state index is 0.0866. The highest BCUT2D eigenvalue weighted by molar-refractivity contribution is 5.48. The average molecular weight is 329 g/mol. The summed E-state index contributed by atoms with van der Waals surface area (Å²) in [5.41, 5.74) is 4.31. The van der Waals surface area contributed by atoms with E-state index < -0.39 is 6.10 Å². The number of nitrogens with one attached hydrogen (secondary N) is 1. The molecule has 0 aliphatic rings. The van der Waals surface area contributed by atoms with Crippen LogP contribution in [0.15, 0.2) is 36.4 Å². The molecule has 0 bridgehead atoms. The Bertz CT molecular complexity index is 685. The number of aliphatic hydroxyl groups is 1. The molecule has 2 aromatic carbocycles. The van der Waals surface area contributed by atoms with Crippen molar-refractivity contribution in [3.63, 3.8) is 0 Å². The predicted molar refractivity (Wildman–Crippen MR) is 96.8 cm³/mol. The zero-order valence-corrected chi connectivity index (χ0v) is 15.1. The highest BCUT2D eigenvalue weighted by Crippen LogP contribution is 2.33. The van der Waals surface area contributed by atoms with Gasteiger partial charge < -0.3 is 19.9 Å². The van der Waals surface area contributed by atoms with Gasteiger partial charge in [0.05, 0.1) is 20.3 Å². The van der Waals surface area contributed by atoms with Crippen molar-refractivity contribution >= 4 is 0 Å². The van der Waals surface area contributed by atoms with Gasteiger partial charge in [-0.1, -0.05) is 24.3 Å². The van der Waals surface area contributed by atoms with Gasteiger partial charge in [-0.15, -0.1) is 0 Å². The number of rotatable bonds is 7. The van der Waals surface area contributed by atoms with Crippen LogP contribution in [-0.4, -0.2) is 25.9 Å². The van der Waals surface area contributed by atoms with Crippen molar-refractivity contribution in [3.05, 3.63) is 58.7 Å². The number of ether oxygens (including phenoxy) is 2. The molecule has 0 spiro atoms. The van der Waals surface area contributed by atoms with Crippen LogP contribution in [-0.2, 0) is 0 Å². The summed E-state index contributed by atoms with van der Waals surface area (Å²) in [4.78, 5) is 0. The summed E-state index contributed by atoms with van der Waals surface area (Å²) in [6, 6.07) is 12.0. The molecule has 0 fully saturated rings. The largest absolute Gasteiger partial charge is 0.493 e. The quantitative estimate of drug-likeness (QED) is 0.813. The van der Waals surface area contributed by atoms with E-state index in [9.17, 15) is 5.11 Å².